The third-order valence-corrected chi connectivity index (χ3v) is 8.98. The van der Waals surface area contributed by atoms with E-state index < -0.39 is 0 Å². The number of fused-ring (bicyclic) bond motifs is 5. The van der Waals surface area contributed by atoms with Crippen molar-refractivity contribution in [2.24, 2.45) is 40.4 Å². The summed E-state index contributed by atoms with van der Waals surface area (Å²) in [6.07, 6.45) is 11.4. The molecule has 0 aromatic rings. The molecule has 22 heavy (non-hydrogen) atoms. The van der Waals surface area contributed by atoms with Crippen molar-refractivity contribution in [1.82, 2.24) is 0 Å². The standard InChI is InChI=1S/C20H34O2/c1-19-9-7-13(12-21)11-14(19)3-4-15-16-5-6-18(22)20(16,2)10-8-17(15)19/h13-18,21-22H,3-12H2,1-2H3/t13?,14-,15-,16-,17-,18-,19-,20-/m0/s1. The third kappa shape index (κ3) is 1.99. The molecule has 0 bridgehead atoms. The van der Waals surface area contributed by atoms with Crippen molar-refractivity contribution < 1.29 is 10.2 Å². The molecule has 0 spiro atoms. The zero-order valence-corrected chi connectivity index (χ0v) is 14.4. The summed E-state index contributed by atoms with van der Waals surface area (Å²) in [6, 6.07) is 0. The summed E-state index contributed by atoms with van der Waals surface area (Å²) >= 11 is 0. The molecule has 4 rings (SSSR count). The Labute approximate surface area is 135 Å². The average Bonchev–Trinajstić information content (AvgIpc) is 2.82. The molecule has 0 aliphatic heterocycles. The Morgan fingerprint density at radius 3 is 2.36 bits per heavy atom. The highest BCUT2D eigenvalue weighted by Crippen LogP contribution is 2.66. The Kier molecular flexibility index (Phi) is 3.66. The van der Waals surface area contributed by atoms with E-state index in [4.69, 9.17) is 0 Å². The van der Waals surface area contributed by atoms with Crippen LogP contribution in [0.2, 0.25) is 0 Å². The van der Waals surface area contributed by atoms with Crippen molar-refractivity contribution in [3.8, 4) is 0 Å². The van der Waals surface area contributed by atoms with Gasteiger partial charge in [-0.1, -0.05) is 13.8 Å². The lowest BCUT2D eigenvalue weighted by molar-refractivity contribution is -0.128. The molecule has 4 aliphatic carbocycles. The molecule has 0 aromatic carbocycles. The van der Waals surface area contributed by atoms with Gasteiger partial charge in [-0.3, -0.25) is 0 Å². The van der Waals surface area contributed by atoms with Gasteiger partial charge in [0.25, 0.3) is 0 Å². The van der Waals surface area contributed by atoms with E-state index >= 15 is 0 Å². The molecule has 2 N–H and O–H groups in total. The van der Waals surface area contributed by atoms with Crippen LogP contribution < -0.4 is 0 Å². The Balaban J connectivity index is 1.59. The summed E-state index contributed by atoms with van der Waals surface area (Å²) in [5, 5.41) is 20.1. The van der Waals surface area contributed by atoms with Crippen LogP contribution in [0.15, 0.2) is 0 Å². The first kappa shape index (κ1) is 15.4. The van der Waals surface area contributed by atoms with Crippen LogP contribution >= 0.6 is 0 Å². The molecule has 8 atom stereocenters. The molecule has 0 radical (unpaired) electrons. The quantitative estimate of drug-likeness (QED) is 0.769. The van der Waals surface area contributed by atoms with E-state index in [9.17, 15) is 10.2 Å². The van der Waals surface area contributed by atoms with Gasteiger partial charge >= 0.3 is 0 Å². The Bertz CT molecular complexity index is 435. The van der Waals surface area contributed by atoms with E-state index in [1.807, 2.05) is 0 Å². The van der Waals surface area contributed by atoms with Crippen molar-refractivity contribution in [2.45, 2.75) is 77.7 Å². The van der Waals surface area contributed by atoms with Gasteiger partial charge in [0.1, 0.15) is 0 Å². The van der Waals surface area contributed by atoms with Gasteiger partial charge < -0.3 is 10.2 Å². The van der Waals surface area contributed by atoms with Crippen LogP contribution in [0.1, 0.15) is 71.6 Å². The fraction of sp³-hybridized carbons (Fsp3) is 1.00. The highest BCUT2D eigenvalue weighted by Gasteiger charge is 2.59. The number of aliphatic hydroxyl groups is 2. The van der Waals surface area contributed by atoms with Crippen LogP contribution in [-0.4, -0.2) is 22.9 Å². The second-order valence-electron chi connectivity index (χ2n) is 9.62. The summed E-state index contributed by atoms with van der Waals surface area (Å²) < 4.78 is 0. The van der Waals surface area contributed by atoms with E-state index in [1.54, 1.807) is 0 Å². The number of aliphatic hydroxyl groups excluding tert-OH is 2. The molecular weight excluding hydrogens is 272 g/mol. The van der Waals surface area contributed by atoms with Gasteiger partial charge in [0.05, 0.1) is 6.10 Å². The zero-order chi connectivity index (χ0) is 15.5. The fourth-order valence-electron chi connectivity index (χ4n) is 7.49. The Morgan fingerprint density at radius 2 is 1.59 bits per heavy atom. The van der Waals surface area contributed by atoms with Gasteiger partial charge in [-0.2, -0.15) is 0 Å². The predicted octanol–water partition coefficient (Wildman–Crippen LogP) is 4.00. The molecule has 0 amide bonds. The molecule has 126 valence electrons. The van der Waals surface area contributed by atoms with Crippen molar-refractivity contribution in [3.05, 3.63) is 0 Å². The zero-order valence-electron chi connectivity index (χ0n) is 14.4. The summed E-state index contributed by atoms with van der Waals surface area (Å²) in [5.74, 6) is 3.93. The molecular formula is C20H34O2. The number of hydrogen-bond donors (Lipinski definition) is 2. The number of hydrogen-bond acceptors (Lipinski definition) is 2. The van der Waals surface area contributed by atoms with Gasteiger partial charge in [-0.15, -0.1) is 0 Å². The lowest BCUT2D eigenvalue weighted by Crippen LogP contribution is -2.54. The summed E-state index contributed by atoms with van der Waals surface area (Å²) in [4.78, 5) is 0. The lowest BCUT2D eigenvalue weighted by atomic mass is 9.44. The average molecular weight is 306 g/mol. The first-order valence-electron chi connectivity index (χ1n) is 9.78. The van der Waals surface area contributed by atoms with Crippen molar-refractivity contribution in [1.29, 1.82) is 0 Å². The predicted molar refractivity (Wildman–Crippen MR) is 88.3 cm³/mol. The van der Waals surface area contributed by atoms with Crippen LogP contribution in [0.4, 0.5) is 0 Å². The van der Waals surface area contributed by atoms with Crippen LogP contribution in [0.3, 0.4) is 0 Å². The molecule has 4 fully saturated rings. The first-order valence-corrected chi connectivity index (χ1v) is 9.78. The lowest BCUT2D eigenvalue weighted by Gasteiger charge is -2.61. The molecule has 2 heteroatoms. The van der Waals surface area contributed by atoms with Crippen LogP contribution in [0.25, 0.3) is 0 Å². The smallest absolute Gasteiger partial charge is 0.0596 e. The first-order chi connectivity index (χ1) is 10.5. The molecule has 4 aliphatic rings. The van der Waals surface area contributed by atoms with Gasteiger partial charge in [0.15, 0.2) is 0 Å². The molecule has 0 heterocycles. The minimum absolute atomic E-state index is 0.0471. The van der Waals surface area contributed by atoms with E-state index in [1.165, 1.54) is 51.4 Å². The summed E-state index contributed by atoms with van der Waals surface area (Å²) in [6.45, 7) is 5.35. The van der Waals surface area contributed by atoms with E-state index in [2.05, 4.69) is 13.8 Å². The largest absolute Gasteiger partial charge is 0.396 e. The molecule has 1 unspecified atom stereocenters. The van der Waals surface area contributed by atoms with Crippen molar-refractivity contribution >= 4 is 0 Å². The van der Waals surface area contributed by atoms with E-state index in [-0.39, 0.29) is 11.5 Å². The maximum absolute atomic E-state index is 10.5. The Morgan fingerprint density at radius 1 is 0.864 bits per heavy atom. The second-order valence-corrected chi connectivity index (χ2v) is 9.62. The molecule has 0 aromatic heterocycles. The minimum Gasteiger partial charge on any atom is -0.396 e. The topological polar surface area (TPSA) is 40.5 Å². The Hall–Kier alpha value is -0.0800. The van der Waals surface area contributed by atoms with Gasteiger partial charge in [0.2, 0.25) is 0 Å². The fourth-order valence-corrected chi connectivity index (χ4v) is 7.49. The van der Waals surface area contributed by atoms with Crippen LogP contribution in [0, 0.1) is 40.4 Å². The number of rotatable bonds is 1. The maximum Gasteiger partial charge on any atom is 0.0596 e. The monoisotopic (exact) mass is 306 g/mol. The van der Waals surface area contributed by atoms with E-state index in [0.29, 0.717) is 17.9 Å². The summed E-state index contributed by atoms with van der Waals surface area (Å²) in [7, 11) is 0. The molecule has 0 saturated heterocycles. The minimum atomic E-state index is -0.0471. The molecule has 4 saturated carbocycles. The highest BCUT2D eigenvalue weighted by atomic mass is 16.3. The normalized spacial score (nSPS) is 57.8. The van der Waals surface area contributed by atoms with Crippen LogP contribution in [-0.2, 0) is 0 Å². The van der Waals surface area contributed by atoms with Gasteiger partial charge in [-0.05, 0) is 98.2 Å². The van der Waals surface area contributed by atoms with Crippen molar-refractivity contribution in [2.75, 3.05) is 6.61 Å². The SMILES string of the molecule is C[C@]12CCC(CO)C[C@@H]1CC[C@@H]1[C@@H]2CC[C@]2(C)[C@@H](O)CC[C@@H]12. The second kappa shape index (κ2) is 5.21. The van der Waals surface area contributed by atoms with Gasteiger partial charge in [0, 0.05) is 6.61 Å². The van der Waals surface area contributed by atoms with Crippen LogP contribution in [0.5, 0.6) is 0 Å². The summed E-state index contributed by atoms with van der Waals surface area (Å²) in [5.41, 5.74) is 0.732. The van der Waals surface area contributed by atoms with Crippen molar-refractivity contribution in [3.63, 3.8) is 0 Å². The van der Waals surface area contributed by atoms with Gasteiger partial charge in [-0.25, -0.2) is 0 Å². The highest BCUT2D eigenvalue weighted by molar-refractivity contribution is 5.09. The maximum atomic E-state index is 10.5. The third-order valence-electron chi connectivity index (χ3n) is 8.98. The molecule has 2 nitrogen and oxygen atoms in total. The van der Waals surface area contributed by atoms with E-state index in [0.717, 1.165) is 30.1 Å².